The van der Waals surface area contributed by atoms with Gasteiger partial charge in [0.15, 0.2) is 9.84 Å². The smallest absolute Gasteiger partial charge is 0.237 e. The Labute approximate surface area is 104 Å². The van der Waals surface area contributed by atoms with E-state index < -0.39 is 9.84 Å². The van der Waals surface area contributed by atoms with Crippen LogP contribution in [-0.2, 0) is 14.6 Å². The molecule has 0 saturated carbocycles. The summed E-state index contributed by atoms with van der Waals surface area (Å²) in [5.41, 5.74) is 0. The molecule has 1 aliphatic heterocycles. The summed E-state index contributed by atoms with van der Waals surface area (Å²) in [6, 6.07) is -0.197. The van der Waals surface area contributed by atoms with Crippen LogP contribution >= 0.6 is 0 Å². The molecule has 100 valence electrons. The number of nitrogens with zero attached hydrogens (tertiary/aromatic N) is 2. The Morgan fingerprint density at radius 1 is 1.35 bits per heavy atom. The SMILES string of the molecule is CCN(CC)CC(=O)N1CCS(=O)(=O)C[C@H]1C. The van der Waals surface area contributed by atoms with Crippen LogP contribution in [0.4, 0.5) is 0 Å². The molecule has 0 aromatic rings. The van der Waals surface area contributed by atoms with Gasteiger partial charge in [0.2, 0.25) is 5.91 Å². The molecule has 1 aliphatic rings. The highest BCUT2D eigenvalue weighted by Gasteiger charge is 2.31. The van der Waals surface area contributed by atoms with Crippen molar-refractivity contribution in [2.45, 2.75) is 26.8 Å². The van der Waals surface area contributed by atoms with Gasteiger partial charge >= 0.3 is 0 Å². The topological polar surface area (TPSA) is 57.7 Å². The van der Waals surface area contributed by atoms with Crippen molar-refractivity contribution in [2.75, 3.05) is 37.7 Å². The zero-order chi connectivity index (χ0) is 13.1. The molecule has 1 fully saturated rings. The highest BCUT2D eigenvalue weighted by Crippen LogP contribution is 2.11. The summed E-state index contributed by atoms with van der Waals surface area (Å²) < 4.78 is 22.8. The minimum atomic E-state index is -2.95. The van der Waals surface area contributed by atoms with Gasteiger partial charge in [0.25, 0.3) is 0 Å². The van der Waals surface area contributed by atoms with Crippen molar-refractivity contribution in [1.29, 1.82) is 0 Å². The van der Waals surface area contributed by atoms with Gasteiger partial charge in [-0.1, -0.05) is 13.8 Å². The number of carbonyl (C=O) groups is 1. The van der Waals surface area contributed by atoms with E-state index >= 15 is 0 Å². The summed E-state index contributed by atoms with van der Waals surface area (Å²) in [5.74, 6) is 0.231. The number of sulfone groups is 1. The van der Waals surface area contributed by atoms with E-state index in [1.165, 1.54) is 0 Å². The summed E-state index contributed by atoms with van der Waals surface area (Å²) in [6.07, 6.45) is 0. The van der Waals surface area contributed by atoms with Crippen molar-refractivity contribution >= 4 is 15.7 Å². The Morgan fingerprint density at radius 2 is 1.94 bits per heavy atom. The molecule has 0 radical (unpaired) electrons. The Morgan fingerprint density at radius 3 is 2.41 bits per heavy atom. The summed E-state index contributed by atoms with van der Waals surface area (Å²) >= 11 is 0. The van der Waals surface area contributed by atoms with Gasteiger partial charge < -0.3 is 4.90 Å². The Bertz CT molecular complexity index is 363. The van der Waals surface area contributed by atoms with Gasteiger partial charge in [-0.05, 0) is 20.0 Å². The third-order valence-corrected chi connectivity index (χ3v) is 5.04. The average molecular weight is 262 g/mol. The summed E-state index contributed by atoms with van der Waals surface area (Å²) in [4.78, 5) is 15.8. The van der Waals surface area contributed by atoms with E-state index in [0.717, 1.165) is 13.1 Å². The zero-order valence-electron chi connectivity index (χ0n) is 10.8. The van der Waals surface area contributed by atoms with Crippen LogP contribution in [0.25, 0.3) is 0 Å². The van der Waals surface area contributed by atoms with Crippen LogP contribution in [0.15, 0.2) is 0 Å². The molecule has 0 aromatic carbocycles. The third kappa shape index (κ3) is 3.96. The van der Waals surface area contributed by atoms with E-state index in [9.17, 15) is 13.2 Å². The van der Waals surface area contributed by atoms with Crippen LogP contribution < -0.4 is 0 Å². The molecule has 0 N–H and O–H groups in total. The Hall–Kier alpha value is -0.620. The van der Waals surface area contributed by atoms with Crippen LogP contribution in [0.2, 0.25) is 0 Å². The van der Waals surface area contributed by atoms with Gasteiger partial charge in [-0.25, -0.2) is 8.42 Å². The molecular weight excluding hydrogens is 240 g/mol. The van der Waals surface area contributed by atoms with Gasteiger partial charge in [-0.15, -0.1) is 0 Å². The molecule has 0 spiro atoms. The molecule has 1 amide bonds. The van der Waals surface area contributed by atoms with Gasteiger partial charge in [-0.3, -0.25) is 9.69 Å². The second-order valence-electron chi connectivity index (χ2n) is 4.51. The molecule has 1 heterocycles. The van der Waals surface area contributed by atoms with E-state index in [2.05, 4.69) is 0 Å². The van der Waals surface area contributed by atoms with Crippen LogP contribution in [0.1, 0.15) is 20.8 Å². The molecule has 0 unspecified atom stereocenters. The van der Waals surface area contributed by atoms with Gasteiger partial charge in [0, 0.05) is 12.6 Å². The van der Waals surface area contributed by atoms with Gasteiger partial charge in [-0.2, -0.15) is 0 Å². The summed E-state index contributed by atoms with van der Waals surface area (Å²) in [6.45, 7) is 8.23. The number of amides is 1. The van der Waals surface area contributed by atoms with Crippen molar-refractivity contribution in [1.82, 2.24) is 9.80 Å². The fourth-order valence-electron chi connectivity index (χ4n) is 2.10. The predicted molar refractivity (Wildman–Crippen MR) is 67.6 cm³/mol. The largest absolute Gasteiger partial charge is 0.337 e. The quantitative estimate of drug-likeness (QED) is 0.714. The number of carbonyl (C=O) groups excluding carboxylic acids is 1. The minimum absolute atomic E-state index is 0.0381. The Kier molecular flexibility index (Phi) is 4.94. The number of hydrogen-bond donors (Lipinski definition) is 0. The van der Waals surface area contributed by atoms with Crippen LogP contribution in [0, 0.1) is 0 Å². The van der Waals surface area contributed by atoms with E-state index in [1.807, 2.05) is 18.7 Å². The standard InChI is InChI=1S/C11H22N2O3S/c1-4-12(5-2)8-11(14)13-6-7-17(15,16)9-10(13)3/h10H,4-9H2,1-3H3/t10-/m1/s1. The Balaban J connectivity index is 2.59. The lowest BCUT2D eigenvalue weighted by molar-refractivity contribution is -0.133. The molecule has 0 bridgehead atoms. The number of rotatable bonds is 4. The minimum Gasteiger partial charge on any atom is -0.337 e. The fourth-order valence-corrected chi connectivity index (χ4v) is 3.65. The third-order valence-electron chi connectivity index (χ3n) is 3.24. The summed E-state index contributed by atoms with van der Waals surface area (Å²) in [7, 11) is -2.95. The van der Waals surface area contributed by atoms with Gasteiger partial charge in [0.05, 0.1) is 18.1 Å². The first kappa shape index (κ1) is 14.4. The number of hydrogen-bond acceptors (Lipinski definition) is 4. The molecular formula is C11H22N2O3S. The maximum atomic E-state index is 12.0. The second kappa shape index (κ2) is 5.82. The highest BCUT2D eigenvalue weighted by atomic mass is 32.2. The monoisotopic (exact) mass is 262 g/mol. The van der Waals surface area contributed by atoms with Gasteiger partial charge in [0.1, 0.15) is 0 Å². The lowest BCUT2D eigenvalue weighted by Crippen LogP contribution is -2.52. The van der Waals surface area contributed by atoms with E-state index in [0.29, 0.717) is 13.1 Å². The van der Waals surface area contributed by atoms with Crippen LogP contribution in [0.5, 0.6) is 0 Å². The van der Waals surface area contributed by atoms with Crippen LogP contribution in [-0.4, -0.2) is 67.9 Å². The molecule has 5 nitrogen and oxygen atoms in total. The predicted octanol–water partition coefficient (Wildman–Crippen LogP) is -0.0263. The zero-order valence-corrected chi connectivity index (χ0v) is 11.7. The molecule has 0 aliphatic carbocycles. The van der Waals surface area contributed by atoms with E-state index in [1.54, 1.807) is 11.8 Å². The average Bonchev–Trinajstić information content (AvgIpc) is 2.24. The normalized spacial score (nSPS) is 24.0. The van der Waals surface area contributed by atoms with Crippen molar-refractivity contribution in [2.24, 2.45) is 0 Å². The van der Waals surface area contributed by atoms with Crippen molar-refractivity contribution in [3.05, 3.63) is 0 Å². The van der Waals surface area contributed by atoms with E-state index in [-0.39, 0.29) is 23.5 Å². The molecule has 17 heavy (non-hydrogen) atoms. The van der Waals surface area contributed by atoms with Crippen molar-refractivity contribution < 1.29 is 13.2 Å². The maximum Gasteiger partial charge on any atom is 0.237 e. The van der Waals surface area contributed by atoms with Crippen molar-refractivity contribution in [3.63, 3.8) is 0 Å². The second-order valence-corrected chi connectivity index (χ2v) is 6.74. The first-order valence-electron chi connectivity index (χ1n) is 6.11. The molecule has 6 heteroatoms. The first-order valence-corrected chi connectivity index (χ1v) is 7.94. The van der Waals surface area contributed by atoms with Crippen LogP contribution in [0.3, 0.4) is 0 Å². The molecule has 1 rings (SSSR count). The lowest BCUT2D eigenvalue weighted by atomic mass is 10.3. The molecule has 1 saturated heterocycles. The van der Waals surface area contributed by atoms with Crippen molar-refractivity contribution in [3.8, 4) is 0 Å². The fraction of sp³-hybridized carbons (Fsp3) is 0.909. The number of likely N-dealkylation sites (N-methyl/N-ethyl adjacent to an activating group) is 1. The van der Waals surface area contributed by atoms with E-state index in [4.69, 9.17) is 0 Å². The maximum absolute atomic E-state index is 12.0. The lowest BCUT2D eigenvalue weighted by Gasteiger charge is -2.34. The molecule has 0 aromatic heterocycles. The first-order chi connectivity index (χ1) is 7.89. The highest BCUT2D eigenvalue weighted by molar-refractivity contribution is 7.91. The summed E-state index contributed by atoms with van der Waals surface area (Å²) in [5, 5.41) is 0. The molecule has 1 atom stereocenters.